The summed E-state index contributed by atoms with van der Waals surface area (Å²) < 4.78 is 7.69. The summed E-state index contributed by atoms with van der Waals surface area (Å²) in [6.07, 6.45) is 3.60. The molecule has 4 nitrogen and oxygen atoms in total. The molecule has 24 heavy (non-hydrogen) atoms. The van der Waals surface area contributed by atoms with Gasteiger partial charge in [-0.3, -0.25) is 0 Å². The van der Waals surface area contributed by atoms with Crippen molar-refractivity contribution in [2.75, 3.05) is 0 Å². The van der Waals surface area contributed by atoms with Crippen LogP contribution < -0.4 is 4.74 Å². The number of aromatic nitrogens is 3. The molecular weight excluding hydrogens is 298 g/mol. The van der Waals surface area contributed by atoms with Gasteiger partial charge in [-0.25, -0.2) is 4.98 Å². The first-order valence-corrected chi connectivity index (χ1v) is 7.88. The third-order valence-corrected chi connectivity index (χ3v) is 3.93. The molecule has 2 aromatic heterocycles. The number of fused-ring (bicyclic) bond motifs is 1. The van der Waals surface area contributed by atoms with Crippen LogP contribution in [0.15, 0.2) is 73.1 Å². The summed E-state index contributed by atoms with van der Waals surface area (Å²) in [5.74, 6) is 0.683. The second-order valence-corrected chi connectivity index (χ2v) is 5.72. The SMILES string of the molecule is Cc1cccc(-c2cnn3c(OCc4ccccc4)ccnc23)c1. The van der Waals surface area contributed by atoms with E-state index in [2.05, 4.69) is 35.2 Å². The third kappa shape index (κ3) is 2.74. The maximum atomic E-state index is 5.94. The third-order valence-electron chi connectivity index (χ3n) is 3.93. The molecule has 0 radical (unpaired) electrons. The molecule has 0 saturated carbocycles. The van der Waals surface area contributed by atoms with Crippen molar-refractivity contribution in [3.8, 4) is 17.0 Å². The van der Waals surface area contributed by atoms with Crippen LogP contribution in [0.3, 0.4) is 0 Å². The van der Waals surface area contributed by atoms with Crippen molar-refractivity contribution < 1.29 is 4.74 Å². The van der Waals surface area contributed by atoms with Crippen LogP contribution in [0.2, 0.25) is 0 Å². The van der Waals surface area contributed by atoms with Crippen LogP contribution >= 0.6 is 0 Å². The molecule has 4 aromatic rings. The van der Waals surface area contributed by atoms with E-state index in [0.717, 1.165) is 22.3 Å². The van der Waals surface area contributed by atoms with Crippen molar-refractivity contribution >= 4 is 5.65 Å². The Kier molecular flexibility index (Phi) is 3.71. The summed E-state index contributed by atoms with van der Waals surface area (Å²) in [4.78, 5) is 4.48. The van der Waals surface area contributed by atoms with Crippen molar-refractivity contribution in [3.63, 3.8) is 0 Å². The zero-order chi connectivity index (χ0) is 16.4. The molecule has 0 unspecified atom stereocenters. The Hall–Kier alpha value is -3.14. The molecule has 0 atom stereocenters. The highest BCUT2D eigenvalue weighted by molar-refractivity contribution is 5.77. The minimum Gasteiger partial charge on any atom is -0.473 e. The molecule has 4 heteroatoms. The van der Waals surface area contributed by atoms with E-state index in [0.29, 0.717) is 12.5 Å². The van der Waals surface area contributed by atoms with E-state index in [1.807, 2.05) is 48.7 Å². The van der Waals surface area contributed by atoms with Crippen LogP contribution in [0.1, 0.15) is 11.1 Å². The second kappa shape index (κ2) is 6.16. The summed E-state index contributed by atoms with van der Waals surface area (Å²) in [5, 5.41) is 4.47. The molecule has 4 rings (SSSR count). The number of aryl methyl sites for hydroxylation is 1. The lowest BCUT2D eigenvalue weighted by atomic mass is 10.1. The van der Waals surface area contributed by atoms with Crippen LogP contribution in [-0.4, -0.2) is 14.6 Å². The van der Waals surface area contributed by atoms with Crippen LogP contribution in [0.4, 0.5) is 0 Å². The summed E-state index contributed by atoms with van der Waals surface area (Å²) in [6, 6.07) is 20.3. The second-order valence-electron chi connectivity index (χ2n) is 5.72. The smallest absolute Gasteiger partial charge is 0.218 e. The van der Waals surface area contributed by atoms with Crippen molar-refractivity contribution in [3.05, 3.63) is 84.2 Å². The van der Waals surface area contributed by atoms with Gasteiger partial charge in [-0.1, -0.05) is 60.2 Å². The summed E-state index contributed by atoms with van der Waals surface area (Å²) in [7, 11) is 0. The predicted molar refractivity (Wildman–Crippen MR) is 93.9 cm³/mol. The average molecular weight is 315 g/mol. The number of nitrogens with zero attached hydrogens (tertiary/aromatic N) is 3. The molecule has 0 aliphatic heterocycles. The van der Waals surface area contributed by atoms with E-state index >= 15 is 0 Å². The van der Waals surface area contributed by atoms with Crippen LogP contribution in [0.25, 0.3) is 16.8 Å². The summed E-state index contributed by atoms with van der Waals surface area (Å²) >= 11 is 0. The minimum atomic E-state index is 0.500. The molecule has 2 aromatic carbocycles. The number of hydrogen-bond acceptors (Lipinski definition) is 3. The van der Waals surface area contributed by atoms with Crippen molar-refractivity contribution in [1.29, 1.82) is 0 Å². The van der Waals surface area contributed by atoms with E-state index in [-0.39, 0.29) is 0 Å². The lowest BCUT2D eigenvalue weighted by molar-refractivity contribution is 0.285. The van der Waals surface area contributed by atoms with Gasteiger partial charge in [-0.15, -0.1) is 0 Å². The Bertz CT molecular complexity index is 977. The largest absolute Gasteiger partial charge is 0.473 e. The van der Waals surface area contributed by atoms with Gasteiger partial charge in [0.1, 0.15) is 6.61 Å². The lowest BCUT2D eigenvalue weighted by Gasteiger charge is -2.08. The number of benzene rings is 2. The van der Waals surface area contributed by atoms with Gasteiger partial charge in [-0.2, -0.15) is 9.61 Å². The Morgan fingerprint density at radius 2 is 1.88 bits per heavy atom. The van der Waals surface area contributed by atoms with Gasteiger partial charge >= 0.3 is 0 Å². The lowest BCUT2D eigenvalue weighted by Crippen LogP contribution is -2.02. The Labute approximate surface area is 140 Å². The van der Waals surface area contributed by atoms with Crippen LogP contribution in [-0.2, 0) is 6.61 Å². The van der Waals surface area contributed by atoms with E-state index < -0.39 is 0 Å². The van der Waals surface area contributed by atoms with Crippen LogP contribution in [0.5, 0.6) is 5.88 Å². The molecule has 0 aliphatic rings. The molecule has 0 bridgehead atoms. The molecule has 118 valence electrons. The van der Waals surface area contributed by atoms with Crippen LogP contribution in [0, 0.1) is 6.92 Å². The van der Waals surface area contributed by atoms with E-state index in [1.165, 1.54) is 5.56 Å². The first-order valence-electron chi connectivity index (χ1n) is 7.88. The van der Waals surface area contributed by atoms with Gasteiger partial charge in [0, 0.05) is 17.8 Å². The highest BCUT2D eigenvalue weighted by atomic mass is 16.5. The van der Waals surface area contributed by atoms with Crippen molar-refractivity contribution in [2.24, 2.45) is 0 Å². The fraction of sp³-hybridized carbons (Fsp3) is 0.100. The Morgan fingerprint density at radius 1 is 1.00 bits per heavy atom. The van der Waals surface area contributed by atoms with Crippen molar-refractivity contribution in [2.45, 2.75) is 13.5 Å². The molecule has 2 heterocycles. The summed E-state index contributed by atoms with van der Waals surface area (Å²) in [6.45, 7) is 2.58. The van der Waals surface area contributed by atoms with E-state index in [1.54, 1.807) is 10.7 Å². The standard InChI is InChI=1S/C20H17N3O/c1-15-6-5-9-17(12-15)18-13-22-23-19(10-11-21-20(18)23)24-14-16-7-3-2-4-8-16/h2-13H,14H2,1H3. The Balaban J connectivity index is 1.69. The quantitative estimate of drug-likeness (QED) is 0.564. The average Bonchev–Trinajstić information content (AvgIpc) is 3.05. The monoisotopic (exact) mass is 315 g/mol. The highest BCUT2D eigenvalue weighted by Crippen LogP contribution is 2.26. The predicted octanol–water partition coefficient (Wildman–Crippen LogP) is 4.28. The van der Waals surface area contributed by atoms with Gasteiger partial charge in [0.15, 0.2) is 5.65 Å². The van der Waals surface area contributed by atoms with Gasteiger partial charge in [0.25, 0.3) is 0 Å². The normalized spacial score (nSPS) is 10.9. The molecular formula is C20H17N3O. The van der Waals surface area contributed by atoms with E-state index in [9.17, 15) is 0 Å². The molecule has 0 fully saturated rings. The highest BCUT2D eigenvalue weighted by Gasteiger charge is 2.11. The maximum Gasteiger partial charge on any atom is 0.218 e. The molecule has 0 aliphatic carbocycles. The molecule has 0 spiro atoms. The minimum absolute atomic E-state index is 0.500. The molecule has 0 amide bonds. The number of rotatable bonds is 4. The summed E-state index contributed by atoms with van der Waals surface area (Å²) in [5.41, 5.74) is 5.24. The fourth-order valence-corrected chi connectivity index (χ4v) is 2.73. The fourth-order valence-electron chi connectivity index (χ4n) is 2.73. The number of ether oxygens (including phenoxy) is 1. The van der Waals surface area contributed by atoms with Gasteiger partial charge < -0.3 is 4.74 Å². The first kappa shape index (κ1) is 14.5. The van der Waals surface area contributed by atoms with E-state index in [4.69, 9.17) is 4.74 Å². The zero-order valence-corrected chi connectivity index (χ0v) is 13.4. The Morgan fingerprint density at radius 3 is 2.71 bits per heavy atom. The maximum absolute atomic E-state index is 5.94. The molecule has 0 saturated heterocycles. The number of hydrogen-bond donors (Lipinski definition) is 0. The van der Waals surface area contributed by atoms with Gasteiger partial charge in [-0.05, 0) is 18.1 Å². The molecule has 0 N–H and O–H groups in total. The van der Waals surface area contributed by atoms with Gasteiger partial charge in [0.05, 0.1) is 6.20 Å². The topological polar surface area (TPSA) is 39.4 Å². The zero-order valence-electron chi connectivity index (χ0n) is 13.4. The van der Waals surface area contributed by atoms with Gasteiger partial charge in [0.2, 0.25) is 5.88 Å². The first-order chi connectivity index (χ1) is 11.8. The van der Waals surface area contributed by atoms with Crippen molar-refractivity contribution in [1.82, 2.24) is 14.6 Å².